The van der Waals surface area contributed by atoms with Gasteiger partial charge in [-0.05, 0) is 43.7 Å². The van der Waals surface area contributed by atoms with Crippen molar-refractivity contribution in [2.24, 2.45) is 0 Å². The van der Waals surface area contributed by atoms with Crippen LogP contribution in [0.1, 0.15) is 18.2 Å². The number of thiazole rings is 1. The summed E-state index contributed by atoms with van der Waals surface area (Å²) in [6.07, 6.45) is 0.929. The van der Waals surface area contributed by atoms with Gasteiger partial charge in [-0.2, -0.15) is 0 Å². The maximum absolute atomic E-state index is 6.46. The van der Waals surface area contributed by atoms with E-state index in [2.05, 4.69) is 11.8 Å². The Kier molecular flexibility index (Phi) is 6.53. The van der Waals surface area contributed by atoms with E-state index in [4.69, 9.17) is 44.5 Å². The molecule has 0 unspecified atom stereocenters. The second-order valence-electron chi connectivity index (χ2n) is 5.97. The summed E-state index contributed by atoms with van der Waals surface area (Å²) in [6, 6.07) is 11.1. The lowest BCUT2D eigenvalue weighted by Gasteiger charge is -2.23. The largest absolute Gasteiger partial charge is 0.497 e. The number of anilines is 2. The Morgan fingerprint density at radius 1 is 1.07 bits per heavy atom. The summed E-state index contributed by atoms with van der Waals surface area (Å²) in [5.41, 5.74) is 2.51. The molecule has 0 aliphatic rings. The van der Waals surface area contributed by atoms with Crippen molar-refractivity contribution in [1.29, 1.82) is 0 Å². The Morgan fingerprint density at radius 2 is 1.78 bits per heavy atom. The molecule has 0 spiro atoms. The summed E-state index contributed by atoms with van der Waals surface area (Å²) in [4.78, 5) is 8.02. The topological polar surface area (TPSA) is 25.4 Å². The van der Waals surface area contributed by atoms with E-state index in [1.807, 2.05) is 37.3 Å². The van der Waals surface area contributed by atoms with Gasteiger partial charge in [0.05, 0.1) is 33.6 Å². The van der Waals surface area contributed by atoms with E-state index < -0.39 is 0 Å². The molecule has 3 aromatic rings. The Bertz CT molecular complexity index is 938. The molecule has 0 amide bonds. The van der Waals surface area contributed by atoms with Crippen molar-refractivity contribution in [3.63, 3.8) is 0 Å². The standard InChI is InChI=1S/C20H19Cl3N2OS/c1-4-10-25(19-15(21)6-5-7-16(19)22)20-24-18(12(2)27-20)14-9-8-13(26-3)11-17(14)23/h5-9,11H,4,10H2,1-3H3. The molecule has 0 bridgehead atoms. The van der Waals surface area contributed by atoms with E-state index in [1.54, 1.807) is 24.5 Å². The number of aromatic nitrogens is 1. The Morgan fingerprint density at radius 3 is 2.37 bits per heavy atom. The predicted octanol–water partition coefficient (Wildman–Crippen LogP) is 7.64. The fraction of sp³-hybridized carbons (Fsp3) is 0.250. The molecule has 0 fully saturated rings. The van der Waals surface area contributed by atoms with Gasteiger partial charge in [-0.25, -0.2) is 4.98 Å². The molecule has 0 N–H and O–H groups in total. The quantitative estimate of drug-likeness (QED) is 0.393. The van der Waals surface area contributed by atoms with Crippen LogP contribution in [-0.4, -0.2) is 18.6 Å². The van der Waals surface area contributed by atoms with Crippen molar-refractivity contribution in [2.75, 3.05) is 18.6 Å². The average molecular weight is 442 g/mol. The maximum Gasteiger partial charge on any atom is 0.190 e. The summed E-state index contributed by atoms with van der Waals surface area (Å²) >= 11 is 21.0. The molecule has 3 nitrogen and oxygen atoms in total. The Hall–Kier alpha value is -1.46. The minimum absolute atomic E-state index is 0.604. The summed E-state index contributed by atoms with van der Waals surface area (Å²) < 4.78 is 5.24. The molecular formula is C20H19Cl3N2OS. The van der Waals surface area contributed by atoms with Gasteiger partial charge in [0.25, 0.3) is 0 Å². The summed E-state index contributed by atoms with van der Waals surface area (Å²) in [5.74, 6) is 0.715. The lowest BCUT2D eigenvalue weighted by Crippen LogP contribution is -2.18. The van der Waals surface area contributed by atoms with Crippen LogP contribution in [0.3, 0.4) is 0 Å². The van der Waals surface area contributed by atoms with Gasteiger partial charge < -0.3 is 9.64 Å². The van der Waals surface area contributed by atoms with Crippen molar-refractivity contribution >= 4 is 57.0 Å². The molecule has 142 valence electrons. The van der Waals surface area contributed by atoms with Crippen molar-refractivity contribution < 1.29 is 4.74 Å². The molecule has 27 heavy (non-hydrogen) atoms. The molecule has 0 atom stereocenters. The first-order valence-electron chi connectivity index (χ1n) is 8.49. The first-order valence-corrected chi connectivity index (χ1v) is 10.4. The third kappa shape index (κ3) is 4.19. The van der Waals surface area contributed by atoms with Gasteiger partial charge in [0, 0.05) is 17.0 Å². The second-order valence-corrected chi connectivity index (χ2v) is 8.37. The number of halogens is 3. The number of hydrogen-bond acceptors (Lipinski definition) is 4. The number of benzene rings is 2. The van der Waals surface area contributed by atoms with Crippen LogP contribution in [0.2, 0.25) is 15.1 Å². The lowest BCUT2D eigenvalue weighted by molar-refractivity contribution is 0.415. The highest BCUT2D eigenvalue weighted by molar-refractivity contribution is 7.16. The summed E-state index contributed by atoms with van der Waals surface area (Å²) in [5, 5.41) is 2.65. The third-order valence-electron chi connectivity index (χ3n) is 4.10. The van der Waals surface area contributed by atoms with Crippen molar-refractivity contribution in [1.82, 2.24) is 4.98 Å². The molecule has 0 aliphatic carbocycles. The average Bonchev–Trinajstić information content (AvgIpc) is 3.02. The van der Waals surface area contributed by atoms with Crippen molar-refractivity contribution in [3.8, 4) is 17.0 Å². The van der Waals surface area contributed by atoms with E-state index in [0.29, 0.717) is 20.8 Å². The highest BCUT2D eigenvalue weighted by Gasteiger charge is 2.21. The third-order valence-corrected chi connectivity index (χ3v) is 6.02. The first-order chi connectivity index (χ1) is 13.0. The number of aryl methyl sites for hydroxylation is 1. The maximum atomic E-state index is 6.46. The molecule has 0 aliphatic heterocycles. The highest BCUT2D eigenvalue weighted by Crippen LogP contribution is 2.43. The zero-order valence-corrected chi connectivity index (χ0v) is 18.3. The van der Waals surface area contributed by atoms with Crippen LogP contribution < -0.4 is 9.64 Å². The lowest BCUT2D eigenvalue weighted by atomic mass is 10.1. The van der Waals surface area contributed by atoms with Gasteiger partial charge >= 0.3 is 0 Å². The fourth-order valence-corrected chi connectivity index (χ4v) is 4.65. The van der Waals surface area contributed by atoms with Gasteiger partial charge in [-0.3, -0.25) is 0 Å². The van der Waals surface area contributed by atoms with Crippen LogP contribution in [0.15, 0.2) is 36.4 Å². The number of rotatable bonds is 6. The van der Waals surface area contributed by atoms with Gasteiger partial charge in [0.15, 0.2) is 5.13 Å². The fourth-order valence-electron chi connectivity index (χ4n) is 2.84. The van der Waals surface area contributed by atoms with E-state index in [0.717, 1.165) is 39.9 Å². The normalized spacial score (nSPS) is 10.9. The van der Waals surface area contributed by atoms with Crippen molar-refractivity contribution in [3.05, 3.63) is 56.3 Å². The highest BCUT2D eigenvalue weighted by atomic mass is 35.5. The predicted molar refractivity (Wildman–Crippen MR) is 118 cm³/mol. The Labute approximate surface area is 178 Å². The van der Waals surface area contributed by atoms with Crippen LogP contribution in [0.25, 0.3) is 11.3 Å². The van der Waals surface area contributed by atoms with Crippen LogP contribution in [0.5, 0.6) is 5.75 Å². The van der Waals surface area contributed by atoms with Crippen molar-refractivity contribution in [2.45, 2.75) is 20.3 Å². The number of hydrogen-bond donors (Lipinski definition) is 0. The second kappa shape index (κ2) is 8.70. The summed E-state index contributed by atoms with van der Waals surface area (Å²) in [6.45, 7) is 4.90. The molecule has 3 rings (SSSR count). The minimum Gasteiger partial charge on any atom is -0.497 e. The SMILES string of the molecule is CCCN(c1nc(-c2ccc(OC)cc2Cl)c(C)s1)c1c(Cl)cccc1Cl. The summed E-state index contributed by atoms with van der Waals surface area (Å²) in [7, 11) is 1.62. The molecule has 0 saturated heterocycles. The molecule has 2 aromatic carbocycles. The number of para-hydroxylation sites is 1. The smallest absolute Gasteiger partial charge is 0.190 e. The van der Waals surface area contributed by atoms with Gasteiger partial charge in [0.2, 0.25) is 0 Å². The van der Waals surface area contributed by atoms with Crippen LogP contribution in [0.4, 0.5) is 10.8 Å². The number of nitrogens with zero attached hydrogens (tertiary/aromatic N) is 2. The van der Waals surface area contributed by atoms with E-state index in [-0.39, 0.29) is 0 Å². The van der Waals surface area contributed by atoms with Gasteiger partial charge in [-0.1, -0.05) is 47.8 Å². The van der Waals surface area contributed by atoms with E-state index in [1.165, 1.54) is 0 Å². The molecule has 7 heteroatoms. The Balaban J connectivity index is 2.08. The van der Waals surface area contributed by atoms with Crippen LogP contribution in [0, 0.1) is 6.92 Å². The molecule has 1 aromatic heterocycles. The first kappa shape index (κ1) is 20.3. The zero-order valence-electron chi connectivity index (χ0n) is 15.2. The molecular weight excluding hydrogens is 423 g/mol. The molecule has 0 saturated carbocycles. The molecule has 1 heterocycles. The van der Waals surface area contributed by atoms with Crippen LogP contribution >= 0.6 is 46.1 Å². The van der Waals surface area contributed by atoms with Gasteiger partial charge in [0.1, 0.15) is 5.75 Å². The number of ether oxygens (including phenoxy) is 1. The monoisotopic (exact) mass is 440 g/mol. The number of methoxy groups -OCH3 is 1. The van der Waals surface area contributed by atoms with E-state index >= 15 is 0 Å². The minimum atomic E-state index is 0.604. The molecule has 0 radical (unpaired) electrons. The van der Waals surface area contributed by atoms with E-state index in [9.17, 15) is 0 Å². The van der Waals surface area contributed by atoms with Gasteiger partial charge in [-0.15, -0.1) is 11.3 Å². The zero-order chi connectivity index (χ0) is 19.6. The van der Waals surface area contributed by atoms with Crippen LogP contribution in [-0.2, 0) is 0 Å².